The second-order valence-corrected chi connectivity index (χ2v) is 4.21. The van der Waals surface area contributed by atoms with Gasteiger partial charge in [-0.25, -0.2) is 0 Å². The van der Waals surface area contributed by atoms with E-state index in [1.54, 1.807) is 0 Å². The van der Waals surface area contributed by atoms with Gasteiger partial charge in [-0.05, 0) is 46.0 Å². The number of nitrogens with zero attached hydrogens (tertiary/aromatic N) is 1. The summed E-state index contributed by atoms with van der Waals surface area (Å²) >= 11 is 0. The minimum absolute atomic E-state index is 0.160. The molecule has 0 aliphatic carbocycles. The van der Waals surface area contributed by atoms with Gasteiger partial charge < -0.3 is 9.52 Å². The van der Waals surface area contributed by atoms with Crippen molar-refractivity contribution >= 4 is 5.97 Å². The van der Waals surface area contributed by atoms with Crippen molar-refractivity contribution in [2.24, 2.45) is 0 Å². The van der Waals surface area contributed by atoms with Crippen molar-refractivity contribution in [3.05, 3.63) is 23.7 Å². The predicted octanol–water partition coefficient (Wildman–Crippen LogP) is 2.45. The van der Waals surface area contributed by atoms with Gasteiger partial charge in [-0.3, -0.25) is 9.69 Å². The molecule has 0 saturated heterocycles. The second kappa shape index (κ2) is 5.70. The highest BCUT2D eigenvalue weighted by Gasteiger charge is 2.17. The lowest BCUT2D eigenvalue weighted by Gasteiger charge is -2.21. The molecule has 0 fully saturated rings. The van der Waals surface area contributed by atoms with Gasteiger partial charge in [-0.15, -0.1) is 0 Å². The zero-order valence-corrected chi connectivity index (χ0v) is 10.1. The van der Waals surface area contributed by atoms with Gasteiger partial charge in [0.1, 0.15) is 11.5 Å². The quantitative estimate of drug-likeness (QED) is 0.808. The fourth-order valence-corrected chi connectivity index (χ4v) is 1.73. The largest absolute Gasteiger partial charge is 0.481 e. The lowest BCUT2D eigenvalue weighted by molar-refractivity contribution is -0.137. The number of carbonyl (C=O) groups is 1. The molecule has 0 radical (unpaired) electrons. The van der Waals surface area contributed by atoms with Crippen molar-refractivity contribution < 1.29 is 14.3 Å². The van der Waals surface area contributed by atoms with Crippen LogP contribution < -0.4 is 0 Å². The van der Waals surface area contributed by atoms with Crippen LogP contribution in [0.1, 0.15) is 36.8 Å². The molecule has 0 amide bonds. The van der Waals surface area contributed by atoms with Gasteiger partial charge in [0.05, 0.1) is 6.04 Å². The molecule has 1 aromatic rings. The van der Waals surface area contributed by atoms with Crippen LogP contribution in [0.2, 0.25) is 0 Å². The first kappa shape index (κ1) is 12.8. The van der Waals surface area contributed by atoms with Crippen molar-refractivity contribution in [2.45, 2.75) is 32.2 Å². The number of hydrogen-bond acceptors (Lipinski definition) is 3. The Labute approximate surface area is 95.9 Å². The van der Waals surface area contributed by atoms with Crippen LogP contribution in [0.3, 0.4) is 0 Å². The molecule has 16 heavy (non-hydrogen) atoms. The summed E-state index contributed by atoms with van der Waals surface area (Å²) in [5, 5.41) is 8.60. The van der Waals surface area contributed by atoms with Crippen LogP contribution in [-0.4, -0.2) is 30.1 Å². The van der Waals surface area contributed by atoms with E-state index in [1.807, 2.05) is 33.2 Å². The third-order valence-corrected chi connectivity index (χ3v) is 2.58. The lowest BCUT2D eigenvalue weighted by atomic mass is 10.1. The van der Waals surface area contributed by atoms with E-state index < -0.39 is 5.97 Å². The lowest BCUT2D eigenvalue weighted by Crippen LogP contribution is -2.19. The Hall–Kier alpha value is -1.29. The van der Waals surface area contributed by atoms with Crippen molar-refractivity contribution in [1.29, 1.82) is 0 Å². The van der Waals surface area contributed by atoms with Crippen molar-refractivity contribution in [3.8, 4) is 0 Å². The summed E-state index contributed by atoms with van der Waals surface area (Å²) < 4.78 is 5.58. The predicted molar refractivity (Wildman–Crippen MR) is 61.4 cm³/mol. The van der Waals surface area contributed by atoms with E-state index in [9.17, 15) is 4.79 Å². The van der Waals surface area contributed by atoms with E-state index in [0.717, 1.165) is 17.9 Å². The Bertz CT molecular complexity index is 344. The number of carboxylic acids is 1. The van der Waals surface area contributed by atoms with Crippen LogP contribution in [0.5, 0.6) is 0 Å². The molecule has 1 aromatic heterocycles. The summed E-state index contributed by atoms with van der Waals surface area (Å²) in [4.78, 5) is 12.5. The number of rotatable bonds is 6. The molecule has 4 nitrogen and oxygen atoms in total. The van der Waals surface area contributed by atoms with Crippen LogP contribution in [0.25, 0.3) is 0 Å². The Balaban J connectivity index is 2.58. The van der Waals surface area contributed by atoms with E-state index in [-0.39, 0.29) is 12.5 Å². The molecule has 4 heteroatoms. The summed E-state index contributed by atoms with van der Waals surface area (Å²) in [7, 11) is 3.95. The van der Waals surface area contributed by atoms with Gasteiger partial charge in [0.25, 0.3) is 0 Å². The Morgan fingerprint density at radius 1 is 1.50 bits per heavy atom. The topological polar surface area (TPSA) is 53.7 Å². The summed E-state index contributed by atoms with van der Waals surface area (Å²) in [5.74, 6) is 1.06. The molecule has 90 valence electrons. The van der Waals surface area contributed by atoms with Crippen molar-refractivity contribution in [1.82, 2.24) is 4.90 Å². The SMILES string of the molecule is Cc1ccc(C(CCCC(=O)O)N(C)C)o1. The van der Waals surface area contributed by atoms with E-state index in [0.29, 0.717) is 6.42 Å². The fourth-order valence-electron chi connectivity index (χ4n) is 1.73. The number of aryl methyl sites for hydroxylation is 1. The maximum Gasteiger partial charge on any atom is 0.303 e. The number of hydrogen-bond donors (Lipinski definition) is 1. The van der Waals surface area contributed by atoms with E-state index in [2.05, 4.69) is 4.90 Å². The maximum atomic E-state index is 10.5. The first-order chi connectivity index (χ1) is 7.50. The molecule has 0 aromatic carbocycles. The molecule has 1 rings (SSSR count). The highest BCUT2D eigenvalue weighted by molar-refractivity contribution is 5.66. The van der Waals surface area contributed by atoms with Crippen LogP contribution in [0, 0.1) is 6.92 Å². The first-order valence-electron chi connectivity index (χ1n) is 5.45. The Morgan fingerprint density at radius 3 is 2.62 bits per heavy atom. The van der Waals surface area contributed by atoms with Gasteiger partial charge >= 0.3 is 5.97 Å². The molecular weight excluding hydrogens is 206 g/mol. The minimum atomic E-state index is -0.742. The van der Waals surface area contributed by atoms with E-state index in [1.165, 1.54) is 0 Å². The van der Waals surface area contributed by atoms with Crippen LogP contribution >= 0.6 is 0 Å². The smallest absolute Gasteiger partial charge is 0.303 e. The number of aliphatic carboxylic acids is 1. The highest BCUT2D eigenvalue weighted by Crippen LogP contribution is 2.25. The van der Waals surface area contributed by atoms with Gasteiger partial charge in [-0.1, -0.05) is 0 Å². The van der Waals surface area contributed by atoms with Gasteiger partial charge in [0.15, 0.2) is 0 Å². The summed E-state index contributed by atoms with van der Waals surface area (Å²) in [6.07, 6.45) is 1.67. The zero-order valence-electron chi connectivity index (χ0n) is 10.1. The second-order valence-electron chi connectivity index (χ2n) is 4.21. The standard InChI is InChI=1S/C12H19NO3/c1-9-7-8-11(16-9)10(13(2)3)5-4-6-12(14)15/h7-8,10H,4-6H2,1-3H3,(H,14,15). The van der Waals surface area contributed by atoms with Gasteiger partial charge in [-0.2, -0.15) is 0 Å². The molecule has 1 heterocycles. The third-order valence-electron chi connectivity index (χ3n) is 2.58. The molecule has 0 saturated carbocycles. The monoisotopic (exact) mass is 225 g/mol. The summed E-state index contributed by atoms with van der Waals surface area (Å²) in [6.45, 7) is 1.91. The third kappa shape index (κ3) is 3.70. The summed E-state index contributed by atoms with van der Waals surface area (Å²) in [5.41, 5.74) is 0. The molecule has 0 bridgehead atoms. The molecule has 0 spiro atoms. The van der Waals surface area contributed by atoms with Gasteiger partial charge in [0.2, 0.25) is 0 Å². The zero-order chi connectivity index (χ0) is 12.1. The minimum Gasteiger partial charge on any atom is -0.481 e. The summed E-state index contributed by atoms with van der Waals surface area (Å²) in [6, 6.07) is 4.05. The van der Waals surface area contributed by atoms with Crippen LogP contribution in [0.15, 0.2) is 16.5 Å². The van der Waals surface area contributed by atoms with Crippen LogP contribution in [0.4, 0.5) is 0 Å². The van der Waals surface area contributed by atoms with E-state index in [4.69, 9.17) is 9.52 Å². The maximum absolute atomic E-state index is 10.5. The molecular formula is C12H19NO3. The highest BCUT2D eigenvalue weighted by atomic mass is 16.4. The average Bonchev–Trinajstić information content (AvgIpc) is 2.58. The van der Waals surface area contributed by atoms with E-state index >= 15 is 0 Å². The fraction of sp³-hybridized carbons (Fsp3) is 0.583. The molecule has 0 aliphatic rings. The van der Waals surface area contributed by atoms with Crippen molar-refractivity contribution in [3.63, 3.8) is 0 Å². The van der Waals surface area contributed by atoms with Gasteiger partial charge in [0, 0.05) is 6.42 Å². The van der Waals surface area contributed by atoms with Crippen molar-refractivity contribution in [2.75, 3.05) is 14.1 Å². The molecule has 0 aliphatic heterocycles. The normalized spacial score (nSPS) is 13.0. The Morgan fingerprint density at radius 2 is 2.19 bits per heavy atom. The average molecular weight is 225 g/mol. The molecule has 1 N–H and O–H groups in total. The molecule has 1 atom stereocenters. The first-order valence-corrected chi connectivity index (χ1v) is 5.45. The Kier molecular flexibility index (Phi) is 4.55. The number of furan rings is 1. The van der Waals surface area contributed by atoms with Crippen LogP contribution in [-0.2, 0) is 4.79 Å². The number of carboxylic acid groups (broad SMARTS) is 1. The molecule has 1 unspecified atom stereocenters.